The molecule has 2 aromatic rings. The van der Waals surface area contributed by atoms with E-state index in [1.54, 1.807) is 4.83 Å². The molecule has 10 heteroatoms. The summed E-state index contributed by atoms with van der Waals surface area (Å²) in [6, 6.07) is 6.23. The van der Waals surface area contributed by atoms with Crippen LogP contribution in [0.15, 0.2) is 41.3 Å². The van der Waals surface area contributed by atoms with Gasteiger partial charge in [0.2, 0.25) is 0 Å². The molecule has 7 nitrogen and oxygen atoms in total. The highest BCUT2D eigenvalue weighted by molar-refractivity contribution is 7.89. The van der Waals surface area contributed by atoms with Crippen molar-refractivity contribution in [3.8, 4) is 11.5 Å². The predicted molar refractivity (Wildman–Crippen MR) is 92.9 cm³/mol. The molecule has 27 heavy (non-hydrogen) atoms. The van der Waals surface area contributed by atoms with Crippen LogP contribution >= 0.6 is 0 Å². The first-order valence-electron chi connectivity index (χ1n) is 7.76. The number of carbonyl (C=O) groups excluding carboxylic acids is 1. The summed E-state index contributed by atoms with van der Waals surface area (Å²) in [6.07, 6.45) is -0.115. The first kappa shape index (κ1) is 20.6. The summed E-state index contributed by atoms with van der Waals surface area (Å²) in [5.74, 6) is -2.32. The van der Waals surface area contributed by atoms with Crippen molar-refractivity contribution in [2.24, 2.45) is 0 Å². The van der Waals surface area contributed by atoms with E-state index in [0.29, 0.717) is 11.8 Å². The molecule has 0 spiro atoms. The summed E-state index contributed by atoms with van der Waals surface area (Å²) in [6.45, 7) is 3.65. The first-order chi connectivity index (χ1) is 12.6. The number of hydrogen-bond acceptors (Lipinski definition) is 5. The average Bonchev–Trinajstić information content (AvgIpc) is 2.59. The van der Waals surface area contributed by atoms with Crippen molar-refractivity contribution >= 4 is 15.9 Å². The maximum absolute atomic E-state index is 13.6. The molecule has 0 radical (unpaired) electrons. The summed E-state index contributed by atoms with van der Waals surface area (Å²) in [4.78, 5) is 13.1. The summed E-state index contributed by atoms with van der Waals surface area (Å²) in [5.41, 5.74) is 2.03. The lowest BCUT2D eigenvalue weighted by atomic mass is 10.2. The Morgan fingerprint density at radius 2 is 1.78 bits per heavy atom. The zero-order valence-electron chi connectivity index (χ0n) is 14.7. The van der Waals surface area contributed by atoms with Crippen LogP contribution in [-0.2, 0) is 10.0 Å². The second-order valence-electron chi connectivity index (χ2n) is 5.67. The van der Waals surface area contributed by atoms with E-state index in [-0.39, 0.29) is 17.4 Å². The molecule has 0 saturated carbocycles. The van der Waals surface area contributed by atoms with Crippen LogP contribution in [0.2, 0.25) is 0 Å². The number of hydrogen-bond donors (Lipinski definition) is 2. The van der Waals surface area contributed by atoms with Gasteiger partial charge in [0.15, 0.2) is 11.5 Å². The SMILES string of the molecule is COc1cc(C(=O)NNS(=O)(=O)c2ccc(F)cc2F)ccc1OC(C)C. The van der Waals surface area contributed by atoms with Gasteiger partial charge in [0, 0.05) is 11.6 Å². The third kappa shape index (κ3) is 5.14. The normalized spacial score (nSPS) is 11.3. The van der Waals surface area contributed by atoms with Crippen molar-refractivity contribution in [2.75, 3.05) is 7.11 Å². The maximum atomic E-state index is 13.6. The van der Waals surface area contributed by atoms with Gasteiger partial charge in [-0.2, -0.15) is 0 Å². The first-order valence-corrected chi connectivity index (χ1v) is 9.24. The van der Waals surface area contributed by atoms with Gasteiger partial charge in [-0.25, -0.2) is 17.2 Å². The minimum atomic E-state index is -4.43. The number of methoxy groups -OCH3 is 1. The highest BCUT2D eigenvalue weighted by Crippen LogP contribution is 2.29. The number of sulfonamides is 1. The Bertz CT molecular complexity index is 948. The molecule has 0 aliphatic rings. The summed E-state index contributed by atoms with van der Waals surface area (Å²) in [7, 11) is -3.04. The molecule has 2 N–H and O–H groups in total. The van der Waals surface area contributed by atoms with Crippen molar-refractivity contribution in [3.05, 3.63) is 53.6 Å². The zero-order valence-corrected chi connectivity index (χ0v) is 15.6. The Kier molecular flexibility index (Phi) is 6.34. The zero-order chi connectivity index (χ0) is 20.2. The Morgan fingerprint density at radius 3 is 2.37 bits per heavy atom. The van der Waals surface area contributed by atoms with Crippen LogP contribution in [0.1, 0.15) is 24.2 Å². The molecule has 0 atom stereocenters. The van der Waals surface area contributed by atoms with Gasteiger partial charge in [-0.1, -0.05) is 0 Å². The summed E-state index contributed by atoms with van der Waals surface area (Å²) in [5, 5.41) is 0. The molecule has 0 heterocycles. The number of hydrazine groups is 1. The van der Waals surface area contributed by atoms with Crippen LogP contribution in [0.5, 0.6) is 11.5 Å². The van der Waals surface area contributed by atoms with E-state index in [9.17, 15) is 22.0 Å². The van der Waals surface area contributed by atoms with Crippen molar-refractivity contribution in [1.29, 1.82) is 0 Å². The fraction of sp³-hybridized carbons (Fsp3) is 0.235. The van der Waals surface area contributed by atoms with Gasteiger partial charge in [0.05, 0.1) is 13.2 Å². The van der Waals surface area contributed by atoms with E-state index < -0.39 is 32.5 Å². The quantitative estimate of drug-likeness (QED) is 0.696. The molecule has 2 aromatic carbocycles. The molecule has 0 saturated heterocycles. The third-order valence-corrected chi connectivity index (χ3v) is 4.55. The summed E-state index contributed by atoms with van der Waals surface area (Å²) >= 11 is 0. The fourth-order valence-corrected chi connectivity index (χ4v) is 2.99. The largest absolute Gasteiger partial charge is 0.493 e. The van der Waals surface area contributed by atoms with E-state index in [4.69, 9.17) is 9.47 Å². The molecule has 2 rings (SSSR count). The number of ether oxygens (including phenoxy) is 2. The van der Waals surface area contributed by atoms with Gasteiger partial charge < -0.3 is 9.47 Å². The van der Waals surface area contributed by atoms with E-state index in [1.807, 2.05) is 19.3 Å². The number of benzene rings is 2. The number of rotatable bonds is 7. The average molecular weight is 400 g/mol. The van der Waals surface area contributed by atoms with E-state index in [0.717, 1.165) is 12.1 Å². The molecule has 1 amide bonds. The maximum Gasteiger partial charge on any atom is 0.266 e. The van der Waals surface area contributed by atoms with Crippen LogP contribution in [0.25, 0.3) is 0 Å². The fourth-order valence-electron chi connectivity index (χ4n) is 2.09. The van der Waals surface area contributed by atoms with Gasteiger partial charge in [0.25, 0.3) is 15.9 Å². The van der Waals surface area contributed by atoms with Crippen molar-refractivity contribution < 1.29 is 31.5 Å². The number of halogens is 2. The Morgan fingerprint density at radius 1 is 1.07 bits per heavy atom. The van der Waals surface area contributed by atoms with E-state index >= 15 is 0 Å². The Labute approximate surface area is 155 Å². The Hall–Kier alpha value is -2.72. The highest BCUT2D eigenvalue weighted by atomic mass is 32.2. The lowest BCUT2D eigenvalue weighted by Gasteiger charge is -2.14. The van der Waals surface area contributed by atoms with Gasteiger partial charge in [-0.3, -0.25) is 10.2 Å². The molecule has 0 aliphatic carbocycles. The molecule has 0 bridgehead atoms. The third-order valence-electron chi connectivity index (χ3n) is 3.27. The van der Waals surface area contributed by atoms with E-state index in [2.05, 4.69) is 0 Å². The number of amides is 1. The topological polar surface area (TPSA) is 93.7 Å². The van der Waals surface area contributed by atoms with Gasteiger partial charge in [-0.15, -0.1) is 4.83 Å². The lowest BCUT2D eigenvalue weighted by molar-refractivity contribution is 0.0944. The molecule has 0 aromatic heterocycles. The van der Waals surface area contributed by atoms with Crippen LogP contribution < -0.4 is 19.7 Å². The van der Waals surface area contributed by atoms with Crippen LogP contribution in [0.4, 0.5) is 8.78 Å². The second kappa shape index (κ2) is 8.31. The standard InChI is InChI=1S/C17H18F2N2O5S/c1-10(2)26-14-6-4-11(8-15(14)25-3)17(22)20-21-27(23,24)16-7-5-12(18)9-13(16)19/h4-10,21H,1-3H3,(H,20,22). The highest BCUT2D eigenvalue weighted by Gasteiger charge is 2.21. The van der Waals surface area contributed by atoms with Gasteiger partial charge in [-0.05, 0) is 44.2 Å². The molecule has 146 valence electrons. The lowest BCUT2D eigenvalue weighted by Crippen LogP contribution is -2.41. The number of carbonyl (C=O) groups is 1. The van der Waals surface area contributed by atoms with Crippen molar-refractivity contribution in [3.63, 3.8) is 0 Å². The minimum Gasteiger partial charge on any atom is -0.493 e. The predicted octanol–water partition coefficient (Wildman–Crippen LogP) is 2.38. The second-order valence-corrected chi connectivity index (χ2v) is 7.32. The van der Waals surface area contributed by atoms with Crippen molar-refractivity contribution in [2.45, 2.75) is 24.8 Å². The monoisotopic (exact) mass is 400 g/mol. The molecule has 0 aliphatic heterocycles. The molecule has 0 fully saturated rings. The molecule has 0 unspecified atom stereocenters. The van der Waals surface area contributed by atoms with Crippen molar-refractivity contribution in [1.82, 2.24) is 10.3 Å². The number of nitrogens with one attached hydrogen (secondary N) is 2. The Balaban J connectivity index is 2.15. The van der Waals surface area contributed by atoms with Gasteiger partial charge in [0.1, 0.15) is 16.5 Å². The minimum absolute atomic E-state index is 0.0743. The van der Waals surface area contributed by atoms with Crippen LogP contribution in [-0.4, -0.2) is 27.5 Å². The van der Waals surface area contributed by atoms with Gasteiger partial charge >= 0.3 is 0 Å². The smallest absolute Gasteiger partial charge is 0.266 e. The molecular weight excluding hydrogens is 382 g/mol. The van der Waals surface area contributed by atoms with Crippen LogP contribution in [0.3, 0.4) is 0 Å². The summed E-state index contributed by atoms with van der Waals surface area (Å²) < 4.78 is 61.4. The molecular formula is C17H18F2N2O5S. The van der Waals surface area contributed by atoms with E-state index in [1.165, 1.54) is 25.3 Å². The van der Waals surface area contributed by atoms with Crippen LogP contribution in [0, 0.1) is 11.6 Å².